The Labute approximate surface area is 290 Å². The third kappa shape index (κ3) is 5.87. The zero-order valence-corrected chi connectivity index (χ0v) is 28.6. The number of rotatable bonds is 12. The maximum atomic E-state index is 13.9. The average Bonchev–Trinajstić information content (AvgIpc) is 3.60. The van der Waals surface area contributed by atoms with E-state index >= 15 is 0 Å². The second-order valence-electron chi connectivity index (χ2n) is 13.9. The number of ether oxygens (including phenoxy) is 3. The van der Waals surface area contributed by atoms with Crippen molar-refractivity contribution in [2.75, 3.05) is 33.8 Å². The molecular formula is C34H47N7O9. The molecule has 2 unspecified atom stereocenters. The van der Waals surface area contributed by atoms with Crippen LogP contribution < -0.4 is 31.6 Å². The van der Waals surface area contributed by atoms with E-state index in [0.29, 0.717) is 43.1 Å². The molecule has 1 aromatic rings. The number of piperidine rings is 2. The molecule has 3 aliphatic heterocycles. The Kier molecular flexibility index (Phi) is 9.61. The zero-order chi connectivity index (χ0) is 36.0. The first kappa shape index (κ1) is 35.3. The predicted molar refractivity (Wildman–Crippen MR) is 179 cm³/mol. The Balaban J connectivity index is 1.17. The van der Waals surface area contributed by atoms with Gasteiger partial charge in [-0.1, -0.05) is 6.07 Å². The minimum absolute atomic E-state index is 0.0609. The number of aliphatic carboxylic acids is 1. The van der Waals surface area contributed by atoms with Gasteiger partial charge in [-0.25, -0.2) is 4.79 Å². The molecule has 5 aliphatic rings. The molecule has 2 fully saturated rings. The summed E-state index contributed by atoms with van der Waals surface area (Å²) in [5, 5.41) is 26.8. The van der Waals surface area contributed by atoms with Gasteiger partial charge in [0, 0.05) is 43.7 Å². The number of guanidine groups is 1. The fourth-order valence-electron chi connectivity index (χ4n) is 8.75. The number of nitrogens with zero attached hydrogens (tertiary/aromatic N) is 3. The van der Waals surface area contributed by atoms with Gasteiger partial charge < -0.3 is 51.4 Å². The standard InChI is InChI=1S/C34H47N7O9/c1-18-34(47)12-11-24(29-33(34)16-22(40(18)2)20-9-10-23(48-3)28(50-29)27(20)33)49-32(46)41-14-5-4-7-19(41)17-38-30(45)21(8-6-13-37-31(35)36)39-25(42)15-26(43)44/h9-11,18-19,21-22,29,47H,4-8,12-17H2,1-3H3,(H,38,45)(H,39,42)(H,43,44)(H4,35,36,37)/t18-,19?,21+,22?,29+,33+,34-/m1/s1. The molecule has 0 radical (unpaired) electrons. The van der Waals surface area contributed by atoms with Gasteiger partial charge in [0.25, 0.3) is 0 Å². The first-order valence-corrected chi connectivity index (χ1v) is 17.2. The molecule has 6 rings (SSSR count). The number of carboxylic acids is 1. The molecule has 2 aliphatic carbocycles. The summed E-state index contributed by atoms with van der Waals surface area (Å²) in [6, 6.07) is 2.36. The molecule has 16 nitrogen and oxygen atoms in total. The highest BCUT2D eigenvalue weighted by Crippen LogP contribution is 2.70. The minimum atomic E-state index is -1.32. The van der Waals surface area contributed by atoms with Crippen LogP contribution >= 0.6 is 0 Å². The topological polar surface area (TPSA) is 231 Å². The molecule has 1 aromatic carbocycles. The SMILES string of the molecule is COc1ccc2c3c1O[C@H]1C(OC(=O)N4CCCCC4CNC(=O)[C@H](CCCN=C(N)N)NC(=O)CC(=O)O)=CC[C@@]4(O)[C@@H](C)N(C)C2C[C@]314. The number of carboxylic acid groups (broad SMARTS) is 1. The molecular weight excluding hydrogens is 650 g/mol. The Morgan fingerprint density at radius 1 is 1.22 bits per heavy atom. The van der Waals surface area contributed by atoms with E-state index in [4.69, 9.17) is 30.8 Å². The molecule has 16 heteroatoms. The smallest absolute Gasteiger partial charge is 0.415 e. The number of carbonyl (C=O) groups is 4. The lowest BCUT2D eigenvalue weighted by Crippen LogP contribution is -2.69. The van der Waals surface area contributed by atoms with Crippen molar-refractivity contribution in [2.24, 2.45) is 16.5 Å². The van der Waals surface area contributed by atoms with Crippen molar-refractivity contribution in [3.8, 4) is 11.5 Å². The quantitative estimate of drug-likeness (QED) is 0.0764. The number of benzene rings is 1. The molecule has 50 heavy (non-hydrogen) atoms. The van der Waals surface area contributed by atoms with Crippen LogP contribution in [0.1, 0.15) is 75.5 Å². The fourth-order valence-corrected chi connectivity index (χ4v) is 8.75. The summed E-state index contributed by atoms with van der Waals surface area (Å²) >= 11 is 0. The summed E-state index contributed by atoms with van der Waals surface area (Å²) in [6.07, 6.45) is 3.24. The van der Waals surface area contributed by atoms with Crippen molar-refractivity contribution in [3.63, 3.8) is 0 Å². The van der Waals surface area contributed by atoms with Crippen LogP contribution in [0.2, 0.25) is 0 Å². The highest BCUT2D eigenvalue weighted by molar-refractivity contribution is 5.96. The second-order valence-corrected chi connectivity index (χ2v) is 13.9. The van der Waals surface area contributed by atoms with Gasteiger partial charge in [-0.15, -0.1) is 0 Å². The van der Waals surface area contributed by atoms with E-state index in [9.17, 15) is 24.3 Å². The lowest BCUT2D eigenvalue weighted by atomic mass is 9.56. The number of fused-ring (bicyclic) bond motifs is 2. The number of hydrogen-bond donors (Lipinski definition) is 6. The van der Waals surface area contributed by atoms with Crippen molar-refractivity contribution in [1.29, 1.82) is 0 Å². The molecule has 1 spiro atoms. The van der Waals surface area contributed by atoms with E-state index in [2.05, 4.69) is 20.5 Å². The number of aliphatic imine (C=N–C) groups is 1. The van der Waals surface area contributed by atoms with Gasteiger partial charge in [0.1, 0.15) is 18.2 Å². The van der Waals surface area contributed by atoms with E-state index in [0.717, 1.165) is 24.0 Å². The highest BCUT2D eigenvalue weighted by Gasteiger charge is 2.74. The maximum Gasteiger partial charge on any atom is 0.415 e. The number of nitrogens with one attached hydrogen (secondary N) is 2. The molecule has 0 aromatic heterocycles. The van der Waals surface area contributed by atoms with Gasteiger partial charge in [0.05, 0.1) is 24.2 Å². The first-order valence-electron chi connectivity index (χ1n) is 17.2. The van der Waals surface area contributed by atoms with Crippen LogP contribution in [-0.4, -0.2) is 113 Å². The number of likely N-dealkylation sites (tertiary alicyclic amines) is 2. The fraction of sp³-hybridized carbons (Fsp3) is 0.618. The van der Waals surface area contributed by atoms with Crippen LogP contribution in [0.25, 0.3) is 0 Å². The van der Waals surface area contributed by atoms with E-state index in [-0.39, 0.29) is 44.0 Å². The third-order valence-corrected chi connectivity index (χ3v) is 11.3. The van der Waals surface area contributed by atoms with Crippen molar-refractivity contribution in [3.05, 3.63) is 35.1 Å². The predicted octanol–water partition coefficient (Wildman–Crippen LogP) is 0.612. The van der Waals surface area contributed by atoms with Crippen LogP contribution in [0.5, 0.6) is 11.5 Å². The molecule has 3 amide bonds. The second kappa shape index (κ2) is 13.6. The summed E-state index contributed by atoms with van der Waals surface area (Å²) in [5.41, 5.74) is 10.8. The van der Waals surface area contributed by atoms with Crippen LogP contribution in [0, 0.1) is 0 Å². The molecule has 2 saturated heterocycles. The highest BCUT2D eigenvalue weighted by atomic mass is 16.6. The van der Waals surface area contributed by atoms with Crippen molar-refractivity contribution < 1.29 is 43.6 Å². The van der Waals surface area contributed by atoms with E-state index in [1.165, 1.54) is 0 Å². The minimum Gasteiger partial charge on any atom is -0.493 e. The number of nitrogens with two attached hydrogens (primary N) is 2. The van der Waals surface area contributed by atoms with Gasteiger partial charge in [0.2, 0.25) is 11.8 Å². The van der Waals surface area contributed by atoms with E-state index in [1.54, 1.807) is 18.1 Å². The number of methoxy groups -OCH3 is 1. The van der Waals surface area contributed by atoms with Crippen molar-refractivity contribution in [2.45, 2.75) is 99.6 Å². The summed E-state index contributed by atoms with van der Waals surface area (Å²) in [6.45, 7) is 2.74. The maximum absolute atomic E-state index is 13.9. The number of amides is 3. The number of aliphatic hydroxyl groups is 1. The molecule has 272 valence electrons. The van der Waals surface area contributed by atoms with Gasteiger partial charge in [-0.2, -0.15) is 0 Å². The number of hydrogen-bond acceptors (Lipinski definition) is 10. The lowest BCUT2D eigenvalue weighted by Gasteiger charge is -2.57. The lowest BCUT2D eigenvalue weighted by molar-refractivity contribution is -0.160. The van der Waals surface area contributed by atoms with Gasteiger partial charge in [-0.3, -0.25) is 24.3 Å². The Morgan fingerprint density at radius 2 is 2.00 bits per heavy atom. The Morgan fingerprint density at radius 3 is 2.72 bits per heavy atom. The first-order chi connectivity index (χ1) is 23.8. The van der Waals surface area contributed by atoms with E-state index in [1.807, 2.05) is 26.1 Å². The number of carbonyl (C=O) groups excluding carboxylic acids is 3. The van der Waals surface area contributed by atoms with Crippen molar-refractivity contribution >= 4 is 29.8 Å². The molecule has 7 atom stereocenters. The summed E-state index contributed by atoms with van der Waals surface area (Å²) in [5.74, 6) is -1.27. The monoisotopic (exact) mass is 697 g/mol. The normalized spacial score (nSPS) is 29.5. The van der Waals surface area contributed by atoms with E-state index < -0.39 is 59.5 Å². The summed E-state index contributed by atoms with van der Waals surface area (Å²) < 4.78 is 18.4. The zero-order valence-electron chi connectivity index (χ0n) is 28.6. The molecule has 2 bridgehead atoms. The molecule has 3 heterocycles. The summed E-state index contributed by atoms with van der Waals surface area (Å²) in [4.78, 5) is 58.2. The van der Waals surface area contributed by atoms with Crippen molar-refractivity contribution in [1.82, 2.24) is 20.4 Å². The van der Waals surface area contributed by atoms with Gasteiger partial charge >= 0.3 is 12.1 Å². The molecule has 8 N–H and O–H groups in total. The van der Waals surface area contributed by atoms with Crippen LogP contribution in [-0.2, 0) is 24.5 Å². The summed E-state index contributed by atoms with van der Waals surface area (Å²) in [7, 11) is 3.61. The Hall–Kier alpha value is -4.57. The van der Waals surface area contributed by atoms with Gasteiger partial charge in [-0.05, 0) is 70.2 Å². The van der Waals surface area contributed by atoms with Crippen LogP contribution in [0.3, 0.4) is 0 Å². The number of likely N-dealkylation sites (N-methyl/N-ethyl adjacent to an activating group) is 1. The van der Waals surface area contributed by atoms with Crippen LogP contribution in [0.15, 0.2) is 29.0 Å². The van der Waals surface area contributed by atoms with Crippen LogP contribution in [0.4, 0.5) is 4.79 Å². The average molecular weight is 698 g/mol. The molecule has 0 saturated carbocycles. The Bertz CT molecular complexity index is 1610. The third-order valence-electron chi connectivity index (χ3n) is 11.3. The van der Waals surface area contributed by atoms with Gasteiger partial charge in [0.15, 0.2) is 23.6 Å². The largest absolute Gasteiger partial charge is 0.493 e.